The second kappa shape index (κ2) is 6.33. The van der Waals surface area contributed by atoms with Crippen LogP contribution in [-0.2, 0) is 19.7 Å². The lowest BCUT2D eigenvalue weighted by Crippen LogP contribution is -2.23. The molecular formula is C9H10Br2O5S3. The van der Waals surface area contributed by atoms with E-state index in [9.17, 15) is 21.6 Å². The number of carbonyl (C=O) groups is 1. The largest absolute Gasteiger partial charge is 0.293 e. The average molecular weight is 454 g/mol. The van der Waals surface area contributed by atoms with Crippen LogP contribution < -0.4 is 0 Å². The molecule has 108 valence electrons. The smallest absolute Gasteiger partial charge is 0.179 e. The average Bonchev–Trinajstić information content (AvgIpc) is 2.54. The van der Waals surface area contributed by atoms with E-state index in [1.807, 2.05) is 0 Å². The lowest BCUT2D eigenvalue weighted by atomic mass is 10.2. The molecule has 0 aliphatic heterocycles. The second-order valence-corrected chi connectivity index (χ2v) is 12.1. The zero-order valence-corrected chi connectivity index (χ0v) is 15.3. The third-order valence-electron chi connectivity index (χ3n) is 2.07. The number of hydrogen-bond acceptors (Lipinski definition) is 6. The zero-order chi connectivity index (χ0) is 14.8. The monoisotopic (exact) mass is 452 g/mol. The van der Waals surface area contributed by atoms with E-state index >= 15 is 0 Å². The molecule has 1 aromatic rings. The van der Waals surface area contributed by atoms with Gasteiger partial charge in [0.05, 0.1) is 19.1 Å². The van der Waals surface area contributed by atoms with Crippen LogP contribution in [0.4, 0.5) is 0 Å². The third-order valence-corrected chi connectivity index (χ3v) is 7.14. The first-order valence-electron chi connectivity index (χ1n) is 4.86. The predicted octanol–water partition coefficient (Wildman–Crippen LogP) is 1.92. The molecule has 19 heavy (non-hydrogen) atoms. The Bertz CT molecular complexity index is 687. The van der Waals surface area contributed by atoms with Gasteiger partial charge in [-0.05, 0) is 37.9 Å². The summed E-state index contributed by atoms with van der Waals surface area (Å²) < 4.78 is 46.4. The summed E-state index contributed by atoms with van der Waals surface area (Å²) >= 11 is 7.63. The Morgan fingerprint density at radius 3 is 2.21 bits per heavy atom. The summed E-state index contributed by atoms with van der Waals surface area (Å²) in [5.41, 5.74) is 0.278. The molecule has 1 aromatic heterocycles. The van der Waals surface area contributed by atoms with Crippen molar-refractivity contribution in [2.24, 2.45) is 0 Å². The first-order valence-corrected chi connectivity index (χ1v) is 11.1. The van der Waals surface area contributed by atoms with E-state index in [4.69, 9.17) is 0 Å². The highest BCUT2D eigenvalue weighted by molar-refractivity contribution is 9.12. The minimum absolute atomic E-state index is 0.278. The van der Waals surface area contributed by atoms with Gasteiger partial charge in [0.15, 0.2) is 15.6 Å². The van der Waals surface area contributed by atoms with Crippen LogP contribution in [0, 0.1) is 0 Å². The Kier molecular flexibility index (Phi) is 5.76. The van der Waals surface area contributed by atoms with Gasteiger partial charge in [0, 0.05) is 11.8 Å². The number of hydrogen-bond donors (Lipinski definition) is 0. The minimum atomic E-state index is -3.73. The lowest BCUT2D eigenvalue weighted by Gasteiger charge is -2.02. The van der Waals surface area contributed by atoms with Gasteiger partial charge in [-0.3, -0.25) is 4.79 Å². The number of Topliss-reactive ketones (excluding diaryl/α,β-unsaturated/α-hetero) is 1. The molecule has 0 aliphatic rings. The van der Waals surface area contributed by atoms with Crippen molar-refractivity contribution in [2.75, 3.05) is 23.5 Å². The summed E-state index contributed by atoms with van der Waals surface area (Å²) in [6, 6.07) is 1.53. The minimum Gasteiger partial charge on any atom is -0.293 e. The van der Waals surface area contributed by atoms with Gasteiger partial charge in [-0.15, -0.1) is 11.3 Å². The maximum atomic E-state index is 11.8. The van der Waals surface area contributed by atoms with Crippen LogP contribution >= 0.6 is 43.2 Å². The van der Waals surface area contributed by atoms with E-state index in [1.54, 1.807) is 0 Å². The van der Waals surface area contributed by atoms with Crippen molar-refractivity contribution >= 4 is 68.7 Å². The van der Waals surface area contributed by atoms with Crippen LogP contribution in [0.5, 0.6) is 0 Å². The first kappa shape index (κ1) is 17.3. The van der Waals surface area contributed by atoms with Crippen LogP contribution in [0.1, 0.15) is 10.4 Å². The van der Waals surface area contributed by atoms with Gasteiger partial charge in [0.2, 0.25) is 0 Å². The Labute approximate surface area is 132 Å². The summed E-state index contributed by atoms with van der Waals surface area (Å²) in [4.78, 5) is 11.8. The normalized spacial score (nSPS) is 12.6. The van der Waals surface area contributed by atoms with E-state index in [-0.39, 0.29) is 5.56 Å². The van der Waals surface area contributed by atoms with E-state index in [0.717, 1.165) is 6.26 Å². The standard InChI is InChI=1S/C9H10Br2O5S3/c1-18(13,14)2-3-19(15,16)5-7(12)6-4-8(10)17-9(6)11/h4H,2-3,5H2,1H3. The molecule has 0 amide bonds. The molecule has 1 rings (SSSR count). The van der Waals surface area contributed by atoms with Crippen molar-refractivity contribution in [3.05, 3.63) is 19.2 Å². The molecule has 0 spiro atoms. The summed E-state index contributed by atoms with van der Waals surface area (Å²) in [7, 11) is -7.10. The summed E-state index contributed by atoms with van der Waals surface area (Å²) in [6.45, 7) is 0. The molecule has 10 heteroatoms. The van der Waals surface area contributed by atoms with Crippen molar-refractivity contribution in [2.45, 2.75) is 0 Å². The topological polar surface area (TPSA) is 85.3 Å². The summed E-state index contributed by atoms with van der Waals surface area (Å²) in [6.07, 6.45) is 0.955. The SMILES string of the molecule is CS(=O)(=O)CCS(=O)(=O)CC(=O)c1cc(Br)sc1Br. The molecule has 0 bridgehead atoms. The maximum absolute atomic E-state index is 11.8. The van der Waals surface area contributed by atoms with Crippen molar-refractivity contribution in [1.29, 1.82) is 0 Å². The maximum Gasteiger partial charge on any atom is 0.179 e. The lowest BCUT2D eigenvalue weighted by molar-refractivity contribution is 0.102. The molecule has 1 heterocycles. The second-order valence-electron chi connectivity index (χ2n) is 3.88. The highest BCUT2D eigenvalue weighted by Crippen LogP contribution is 2.32. The number of sulfone groups is 2. The quantitative estimate of drug-likeness (QED) is 0.614. The van der Waals surface area contributed by atoms with Crippen LogP contribution in [0.3, 0.4) is 0 Å². The van der Waals surface area contributed by atoms with Gasteiger partial charge in [0.1, 0.15) is 15.6 Å². The molecule has 0 unspecified atom stereocenters. The van der Waals surface area contributed by atoms with Crippen molar-refractivity contribution < 1.29 is 21.6 Å². The highest BCUT2D eigenvalue weighted by atomic mass is 79.9. The molecule has 0 aliphatic carbocycles. The molecule has 5 nitrogen and oxygen atoms in total. The number of thiophene rings is 1. The van der Waals surface area contributed by atoms with Crippen LogP contribution in [0.15, 0.2) is 13.6 Å². The van der Waals surface area contributed by atoms with Crippen molar-refractivity contribution in [3.8, 4) is 0 Å². The van der Waals surface area contributed by atoms with E-state index in [2.05, 4.69) is 31.9 Å². The van der Waals surface area contributed by atoms with E-state index in [0.29, 0.717) is 7.57 Å². The van der Waals surface area contributed by atoms with Gasteiger partial charge in [-0.2, -0.15) is 0 Å². The van der Waals surface area contributed by atoms with Crippen LogP contribution in [0.25, 0.3) is 0 Å². The first-order chi connectivity index (χ1) is 8.50. The summed E-state index contributed by atoms with van der Waals surface area (Å²) in [5.74, 6) is -2.26. The molecule has 0 aromatic carbocycles. The van der Waals surface area contributed by atoms with E-state index < -0.39 is 42.7 Å². The van der Waals surface area contributed by atoms with Crippen molar-refractivity contribution in [3.63, 3.8) is 0 Å². The Hall–Kier alpha value is 0.230. The molecule has 0 atom stereocenters. The molecular weight excluding hydrogens is 444 g/mol. The number of rotatable bonds is 6. The molecule has 0 N–H and O–H groups in total. The fourth-order valence-electron chi connectivity index (χ4n) is 1.16. The Balaban J connectivity index is 2.79. The highest BCUT2D eigenvalue weighted by Gasteiger charge is 2.22. The number of carbonyl (C=O) groups excluding carboxylic acids is 1. The fraction of sp³-hybridized carbons (Fsp3) is 0.444. The third kappa shape index (κ3) is 6.03. The molecule has 0 saturated carbocycles. The predicted molar refractivity (Wildman–Crippen MR) is 82.4 cm³/mol. The molecule has 0 radical (unpaired) electrons. The van der Waals surface area contributed by atoms with Gasteiger partial charge in [-0.25, -0.2) is 16.8 Å². The van der Waals surface area contributed by atoms with Gasteiger partial charge in [-0.1, -0.05) is 0 Å². The number of halogens is 2. The fourth-order valence-corrected chi connectivity index (χ4v) is 6.94. The van der Waals surface area contributed by atoms with Gasteiger partial charge in [0.25, 0.3) is 0 Å². The van der Waals surface area contributed by atoms with Crippen LogP contribution in [0.2, 0.25) is 0 Å². The van der Waals surface area contributed by atoms with E-state index in [1.165, 1.54) is 17.4 Å². The Morgan fingerprint density at radius 2 is 1.79 bits per heavy atom. The Morgan fingerprint density at radius 1 is 1.21 bits per heavy atom. The summed E-state index contributed by atoms with van der Waals surface area (Å²) in [5, 5.41) is 0. The zero-order valence-electron chi connectivity index (χ0n) is 9.72. The van der Waals surface area contributed by atoms with Gasteiger partial charge < -0.3 is 0 Å². The molecule has 0 fully saturated rings. The molecule has 0 saturated heterocycles. The van der Waals surface area contributed by atoms with Gasteiger partial charge >= 0.3 is 0 Å². The number of ketones is 1. The van der Waals surface area contributed by atoms with Crippen LogP contribution in [-0.4, -0.2) is 46.1 Å². The van der Waals surface area contributed by atoms with Crippen molar-refractivity contribution in [1.82, 2.24) is 0 Å².